The lowest BCUT2D eigenvalue weighted by molar-refractivity contribution is -0.131. The van der Waals surface area contributed by atoms with Crippen molar-refractivity contribution in [1.29, 1.82) is 0 Å². The normalized spacial score (nSPS) is 15.3. The SMILES string of the molecule is O=C(COc1ccccc1F)NNC(=O)[C@H]1CC(=O)Nc2cc(F)ccc21. The molecule has 9 heteroatoms. The number of carbonyl (C=O) groups excluding carboxylic acids is 3. The second-order valence-corrected chi connectivity index (χ2v) is 5.79. The van der Waals surface area contributed by atoms with Crippen LogP contribution in [0.25, 0.3) is 0 Å². The van der Waals surface area contributed by atoms with Crippen molar-refractivity contribution in [3.05, 3.63) is 59.7 Å². The second-order valence-electron chi connectivity index (χ2n) is 5.79. The predicted molar refractivity (Wildman–Crippen MR) is 90.6 cm³/mol. The average molecular weight is 375 g/mol. The number of rotatable bonds is 4. The van der Waals surface area contributed by atoms with Crippen LogP contribution in [-0.2, 0) is 14.4 Å². The topological polar surface area (TPSA) is 96.5 Å². The molecule has 0 saturated heterocycles. The summed E-state index contributed by atoms with van der Waals surface area (Å²) >= 11 is 0. The Balaban J connectivity index is 1.57. The smallest absolute Gasteiger partial charge is 0.276 e. The van der Waals surface area contributed by atoms with E-state index in [9.17, 15) is 23.2 Å². The van der Waals surface area contributed by atoms with Gasteiger partial charge in [-0.15, -0.1) is 0 Å². The lowest BCUT2D eigenvalue weighted by Crippen LogP contribution is -2.47. The first kappa shape index (κ1) is 18.3. The molecule has 3 rings (SSSR count). The summed E-state index contributed by atoms with van der Waals surface area (Å²) in [4.78, 5) is 35.8. The maximum Gasteiger partial charge on any atom is 0.276 e. The van der Waals surface area contributed by atoms with Gasteiger partial charge in [0.25, 0.3) is 5.91 Å². The zero-order valence-corrected chi connectivity index (χ0v) is 13.9. The third-order valence-corrected chi connectivity index (χ3v) is 3.89. The minimum absolute atomic E-state index is 0.0983. The van der Waals surface area contributed by atoms with Gasteiger partial charge in [-0.2, -0.15) is 0 Å². The van der Waals surface area contributed by atoms with Crippen molar-refractivity contribution in [3.8, 4) is 5.75 Å². The van der Waals surface area contributed by atoms with Crippen LogP contribution in [0, 0.1) is 11.6 Å². The first-order chi connectivity index (χ1) is 12.9. The maximum atomic E-state index is 13.4. The lowest BCUT2D eigenvalue weighted by atomic mass is 9.90. The fourth-order valence-corrected chi connectivity index (χ4v) is 2.63. The summed E-state index contributed by atoms with van der Waals surface area (Å²) in [7, 11) is 0. The number of carbonyl (C=O) groups is 3. The Labute approximate surface area is 152 Å². The van der Waals surface area contributed by atoms with Crippen LogP contribution in [0.4, 0.5) is 14.5 Å². The highest BCUT2D eigenvalue weighted by Crippen LogP contribution is 2.32. The van der Waals surface area contributed by atoms with E-state index in [1.54, 1.807) is 6.07 Å². The maximum absolute atomic E-state index is 13.4. The Morgan fingerprint density at radius 2 is 1.93 bits per heavy atom. The first-order valence-corrected chi connectivity index (χ1v) is 7.99. The highest BCUT2D eigenvalue weighted by atomic mass is 19.1. The number of ether oxygens (including phenoxy) is 1. The summed E-state index contributed by atoms with van der Waals surface area (Å²) in [5, 5.41) is 2.49. The Bertz CT molecular complexity index is 904. The van der Waals surface area contributed by atoms with Gasteiger partial charge in [0.05, 0.1) is 5.92 Å². The molecule has 1 heterocycles. The molecule has 0 fully saturated rings. The monoisotopic (exact) mass is 375 g/mol. The molecule has 1 aliphatic heterocycles. The summed E-state index contributed by atoms with van der Waals surface area (Å²) in [6, 6.07) is 9.27. The van der Waals surface area contributed by atoms with Crippen LogP contribution in [-0.4, -0.2) is 24.3 Å². The molecule has 1 atom stereocenters. The Morgan fingerprint density at radius 1 is 1.15 bits per heavy atom. The third-order valence-electron chi connectivity index (χ3n) is 3.89. The fourth-order valence-electron chi connectivity index (χ4n) is 2.63. The van der Waals surface area contributed by atoms with E-state index in [2.05, 4.69) is 16.2 Å². The standard InChI is InChI=1S/C18H15F2N3O4/c19-10-5-6-11-12(8-16(24)21-14(11)7-10)18(26)23-22-17(25)9-27-15-4-2-1-3-13(15)20/h1-7,12H,8-9H2,(H,21,24)(H,22,25)(H,23,26)/t12-/m0/s1. The number of benzene rings is 2. The molecule has 3 amide bonds. The molecular weight excluding hydrogens is 360 g/mol. The Morgan fingerprint density at radius 3 is 2.70 bits per heavy atom. The van der Waals surface area contributed by atoms with E-state index in [4.69, 9.17) is 4.74 Å². The van der Waals surface area contributed by atoms with Gasteiger partial charge in [0.15, 0.2) is 18.2 Å². The van der Waals surface area contributed by atoms with Crippen molar-refractivity contribution in [2.75, 3.05) is 11.9 Å². The number of hydrogen-bond donors (Lipinski definition) is 3. The lowest BCUT2D eigenvalue weighted by Gasteiger charge is -2.24. The van der Waals surface area contributed by atoms with Crippen molar-refractivity contribution in [3.63, 3.8) is 0 Å². The van der Waals surface area contributed by atoms with Gasteiger partial charge in [-0.3, -0.25) is 25.2 Å². The highest BCUT2D eigenvalue weighted by molar-refractivity contribution is 6.01. The van der Waals surface area contributed by atoms with Crippen molar-refractivity contribution in [2.24, 2.45) is 0 Å². The quantitative estimate of drug-likeness (QED) is 0.708. The Kier molecular flexibility index (Phi) is 5.30. The van der Waals surface area contributed by atoms with Crippen LogP contribution in [0.3, 0.4) is 0 Å². The van der Waals surface area contributed by atoms with Crippen LogP contribution in [0.1, 0.15) is 17.9 Å². The van der Waals surface area contributed by atoms with E-state index in [0.717, 1.165) is 6.07 Å². The van der Waals surface area contributed by atoms with E-state index in [1.807, 2.05) is 0 Å². The van der Waals surface area contributed by atoms with Crippen LogP contribution in [0.5, 0.6) is 5.75 Å². The summed E-state index contributed by atoms with van der Waals surface area (Å²) in [6.45, 7) is -0.520. The number of anilines is 1. The molecule has 0 unspecified atom stereocenters. The average Bonchev–Trinajstić information content (AvgIpc) is 2.64. The van der Waals surface area contributed by atoms with Crippen molar-refractivity contribution in [1.82, 2.24) is 10.9 Å². The van der Waals surface area contributed by atoms with Crippen LogP contribution >= 0.6 is 0 Å². The molecule has 0 spiro atoms. The number of nitrogens with one attached hydrogen (secondary N) is 3. The van der Waals surface area contributed by atoms with Crippen LogP contribution in [0.2, 0.25) is 0 Å². The summed E-state index contributed by atoms with van der Waals surface area (Å²) in [5.74, 6) is -3.95. The molecule has 2 aromatic carbocycles. The fraction of sp³-hybridized carbons (Fsp3) is 0.167. The minimum atomic E-state index is -0.887. The number of halogens is 2. The zero-order chi connectivity index (χ0) is 19.4. The molecule has 27 heavy (non-hydrogen) atoms. The zero-order valence-electron chi connectivity index (χ0n) is 13.9. The number of para-hydroxylation sites is 1. The van der Waals surface area contributed by atoms with Gasteiger partial charge in [0, 0.05) is 12.1 Å². The largest absolute Gasteiger partial charge is 0.481 e. The molecule has 0 aliphatic carbocycles. The molecular formula is C18H15F2N3O4. The van der Waals surface area contributed by atoms with Gasteiger partial charge < -0.3 is 10.1 Å². The van der Waals surface area contributed by atoms with Gasteiger partial charge in [-0.25, -0.2) is 8.78 Å². The third kappa shape index (κ3) is 4.38. The van der Waals surface area contributed by atoms with E-state index in [1.165, 1.54) is 30.3 Å². The first-order valence-electron chi connectivity index (χ1n) is 7.99. The molecule has 0 saturated carbocycles. The molecule has 1 aliphatic rings. The van der Waals surface area contributed by atoms with Gasteiger partial charge >= 0.3 is 0 Å². The number of fused-ring (bicyclic) bond motifs is 1. The number of hydrazine groups is 1. The minimum Gasteiger partial charge on any atom is -0.481 e. The molecule has 3 N–H and O–H groups in total. The van der Waals surface area contributed by atoms with Crippen molar-refractivity contribution in [2.45, 2.75) is 12.3 Å². The number of amides is 3. The van der Waals surface area contributed by atoms with E-state index in [0.29, 0.717) is 5.56 Å². The number of hydrogen-bond acceptors (Lipinski definition) is 4. The van der Waals surface area contributed by atoms with Gasteiger partial charge in [0.1, 0.15) is 5.82 Å². The van der Waals surface area contributed by atoms with Crippen molar-refractivity contribution >= 4 is 23.4 Å². The summed E-state index contributed by atoms with van der Waals surface area (Å²) < 4.78 is 31.7. The van der Waals surface area contributed by atoms with E-state index >= 15 is 0 Å². The van der Waals surface area contributed by atoms with Gasteiger partial charge in [0.2, 0.25) is 11.8 Å². The molecule has 0 bridgehead atoms. The molecule has 140 valence electrons. The van der Waals surface area contributed by atoms with Crippen molar-refractivity contribution < 1.29 is 27.9 Å². The molecule has 7 nitrogen and oxygen atoms in total. The highest BCUT2D eigenvalue weighted by Gasteiger charge is 2.31. The summed E-state index contributed by atoms with van der Waals surface area (Å²) in [5.41, 5.74) is 4.97. The van der Waals surface area contributed by atoms with Gasteiger partial charge in [-0.05, 0) is 29.8 Å². The molecule has 0 radical (unpaired) electrons. The summed E-state index contributed by atoms with van der Waals surface area (Å²) in [6.07, 6.45) is -0.147. The molecule has 0 aromatic heterocycles. The van der Waals surface area contributed by atoms with Crippen LogP contribution < -0.4 is 20.9 Å². The van der Waals surface area contributed by atoms with E-state index in [-0.39, 0.29) is 17.9 Å². The molecule has 2 aromatic rings. The van der Waals surface area contributed by atoms with Gasteiger partial charge in [-0.1, -0.05) is 18.2 Å². The van der Waals surface area contributed by atoms with E-state index < -0.39 is 41.9 Å². The second kappa shape index (κ2) is 7.81. The predicted octanol–water partition coefficient (Wildman–Crippen LogP) is 1.62. The Hall–Kier alpha value is -3.49. The van der Waals surface area contributed by atoms with Crippen LogP contribution in [0.15, 0.2) is 42.5 Å².